The van der Waals surface area contributed by atoms with Crippen LogP contribution in [0.5, 0.6) is 5.75 Å². The number of aromatic hydroxyl groups is 1. The number of nitrogens with one attached hydrogen (secondary N) is 2. The Morgan fingerprint density at radius 2 is 1.67 bits per heavy atom. The largest absolute Gasteiger partial charge is 0.506 e. The molecule has 0 aromatic heterocycles. The van der Waals surface area contributed by atoms with Gasteiger partial charge in [-0.05, 0) is 48.5 Å². The van der Waals surface area contributed by atoms with Crippen LogP contribution >= 0.6 is 11.6 Å². The van der Waals surface area contributed by atoms with Crippen molar-refractivity contribution in [3.05, 3.63) is 83.4 Å². The molecular weight excluding hydrogens is 388 g/mol. The molecule has 8 heteroatoms. The fourth-order valence-corrected chi connectivity index (χ4v) is 3.60. The van der Waals surface area contributed by atoms with E-state index in [2.05, 4.69) is 10.0 Å². The first-order valence-corrected chi connectivity index (χ1v) is 9.69. The van der Waals surface area contributed by atoms with Crippen molar-refractivity contribution in [1.29, 1.82) is 0 Å². The summed E-state index contributed by atoms with van der Waals surface area (Å²) in [6, 6.07) is 18.3. The molecule has 0 unspecified atom stereocenters. The molecule has 0 aliphatic rings. The van der Waals surface area contributed by atoms with Crippen molar-refractivity contribution in [2.24, 2.45) is 0 Å². The predicted molar refractivity (Wildman–Crippen MR) is 105 cm³/mol. The van der Waals surface area contributed by atoms with E-state index in [-0.39, 0.29) is 16.3 Å². The molecule has 0 saturated carbocycles. The monoisotopic (exact) mass is 402 g/mol. The molecule has 0 aliphatic carbocycles. The number of rotatable bonds is 5. The summed E-state index contributed by atoms with van der Waals surface area (Å²) in [5.74, 6) is -0.718. The SMILES string of the molecule is O=C(Nc1cc(S(=O)(=O)Nc2cccc(Cl)c2)ccc1O)c1ccccc1. The Bertz CT molecular complexity index is 1090. The number of hydrogen-bond donors (Lipinski definition) is 3. The van der Waals surface area contributed by atoms with Gasteiger partial charge in [-0.3, -0.25) is 9.52 Å². The Hall–Kier alpha value is -3.03. The summed E-state index contributed by atoms with van der Waals surface area (Å²) < 4.78 is 27.6. The van der Waals surface area contributed by atoms with Crippen LogP contribution in [-0.4, -0.2) is 19.4 Å². The molecule has 0 spiro atoms. The Morgan fingerprint density at radius 3 is 2.37 bits per heavy atom. The molecule has 3 aromatic carbocycles. The molecule has 0 atom stereocenters. The normalized spacial score (nSPS) is 11.0. The number of phenols is 1. The molecule has 3 aromatic rings. The van der Waals surface area contributed by atoms with Crippen LogP contribution in [-0.2, 0) is 10.0 Å². The van der Waals surface area contributed by atoms with E-state index in [1.807, 2.05) is 0 Å². The van der Waals surface area contributed by atoms with Gasteiger partial charge in [0, 0.05) is 10.6 Å². The van der Waals surface area contributed by atoms with Gasteiger partial charge in [-0.25, -0.2) is 8.42 Å². The van der Waals surface area contributed by atoms with E-state index in [0.717, 1.165) is 0 Å². The molecule has 0 heterocycles. The highest BCUT2D eigenvalue weighted by Crippen LogP contribution is 2.28. The predicted octanol–water partition coefficient (Wildman–Crippen LogP) is 4.10. The standard InChI is InChI=1S/C19H15ClN2O4S/c20-14-7-4-8-15(11-14)22-27(25,26)16-9-10-18(23)17(12-16)21-19(24)13-5-2-1-3-6-13/h1-12,22-23H,(H,21,24). The van der Waals surface area contributed by atoms with Gasteiger partial charge in [0.2, 0.25) is 0 Å². The Labute approximate surface area is 161 Å². The fourth-order valence-electron chi connectivity index (χ4n) is 2.33. The first kappa shape index (κ1) is 18.8. The zero-order valence-electron chi connectivity index (χ0n) is 13.9. The number of halogens is 1. The maximum atomic E-state index is 12.6. The lowest BCUT2D eigenvalue weighted by Gasteiger charge is -2.12. The van der Waals surface area contributed by atoms with Crippen molar-refractivity contribution in [3.8, 4) is 5.75 Å². The summed E-state index contributed by atoms with van der Waals surface area (Å²) in [6.07, 6.45) is 0. The zero-order chi connectivity index (χ0) is 19.4. The average molecular weight is 403 g/mol. The van der Waals surface area contributed by atoms with Crippen LogP contribution in [0.15, 0.2) is 77.7 Å². The summed E-state index contributed by atoms with van der Waals surface area (Å²) in [4.78, 5) is 12.1. The van der Waals surface area contributed by atoms with Crippen LogP contribution in [0.2, 0.25) is 5.02 Å². The summed E-state index contributed by atoms with van der Waals surface area (Å²) in [5, 5.41) is 12.9. The van der Waals surface area contributed by atoms with Crippen molar-refractivity contribution in [1.82, 2.24) is 0 Å². The number of sulfonamides is 1. The minimum Gasteiger partial charge on any atom is -0.506 e. The van der Waals surface area contributed by atoms with Gasteiger partial charge in [-0.2, -0.15) is 0 Å². The van der Waals surface area contributed by atoms with Gasteiger partial charge in [0.25, 0.3) is 15.9 Å². The average Bonchev–Trinajstić information content (AvgIpc) is 2.63. The number of carbonyl (C=O) groups is 1. The van der Waals surface area contributed by atoms with E-state index in [1.165, 1.54) is 24.3 Å². The maximum absolute atomic E-state index is 12.6. The summed E-state index contributed by atoms with van der Waals surface area (Å²) >= 11 is 5.87. The van der Waals surface area contributed by atoms with E-state index in [9.17, 15) is 18.3 Å². The topological polar surface area (TPSA) is 95.5 Å². The third-order valence-electron chi connectivity index (χ3n) is 3.64. The minimum atomic E-state index is -3.94. The van der Waals surface area contributed by atoms with Crippen LogP contribution in [0.25, 0.3) is 0 Å². The third-order valence-corrected chi connectivity index (χ3v) is 5.25. The highest BCUT2D eigenvalue weighted by atomic mass is 35.5. The molecule has 3 N–H and O–H groups in total. The molecule has 0 radical (unpaired) electrons. The minimum absolute atomic E-state index is 0.0159. The highest BCUT2D eigenvalue weighted by Gasteiger charge is 2.18. The second-order valence-corrected chi connectivity index (χ2v) is 7.73. The van der Waals surface area contributed by atoms with Gasteiger partial charge in [0.05, 0.1) is 16.3 Å². The number of carbonyl (C=O) groups excluding carboxylic acids is 1. The van der Waals surface area contributed by atoms with Gasteiger partial charge in [0.15, 0.2) is 0 Å². The molecule has 1 amide bonds. The molecule has 27 heavy (non-hydrogen) atoms. The summed E-state index contributed by atoms with van der Waals surface area (Å²) in [6.45, 7) is 0. The van der Waals surface area contributed by atoms with Crippen molar-refractivity contribution < 1.29 is 18.3 Å². The van der Waals surface area contributed by atoms with Crippen LogP contribution in [0.3, 0.4) is 0 Å². The van der Waals surface area contributed by atoms with Crippen molar-refractivity contribution in [2.75, 3.05) is 10.0 Å². The van der Waals surface area contributed by atoms with Crippen LogP contribution in [0.1, 0.15) is 10.4 Å². The second-order valence-electron chi connectivity index (χ2n) is 5.61. The van der Waals surface area contributed by atoms with Gasteiger partial charge >= 0.3 is 0 Å². The second kappa shape index (κ2) is 7.69. The molecular formula is C19H15ClN2O4S. The fraction of sp³-hybridized carbons (Fsp3) is 0. The number of anilines is 2. The molecule has 3 rings (SSSR count). The Morgan fingerprint density at radius 1 is 0.926 bits per heavy atom. The van der Waals surface area contributed by atoms with E-state index in [1.54, 1.807) is 48.5 Å². The molecule has 0 bridgehead atoms. The van der Waals surface area contributed by atoms with Crippen molar-refractivity contribution >= 4 is 38.9 Å². The van der Waals surface area contributed by atoms with Crippen LogP contribution in [0.4, 0.5) is 11.4 Å². The molecule has 138 valence electrons. The first-order valence-electron chi connectivity index (χ1n) is 7.83. The number of benzene rings is 3. The quantitative estimate of drug-likeness (QED) is 0.560. The zero-order valence-corrected chi connectivity index (χ0v) is 15.5. The summed E-state index contributed by atoms with van der Waals surface area (Å²) in [5.41, 5.74) is 0.658. The first-order chi connectivity index (χ1) is 12.8. The van der Waals surface area contributed by atoms with E-state index in [4.69, 9.17) is 11.6 Å². The van der Waals surface area contributed by atoms with Crippen LogP contribution < -0.4 is 10.0 Å². The van der Waals surface area contributed by atoms with Crippen molar-refractivity contribution in [2.45, 2.75) is 4.90 Å². The Balaban J connectivity index is 1.87. The molecule has 0 fully saturated rings. The lowest BCUT2D eigenvalue weighted by Crippen LogP contribution is -2.15. The number of amides is 1. The lowest BCUT2D eigenvalue weighted by atomic mass is 10.2. The van der Waals surface area contributed by atoms with E-state index < -0.39 is 15.9 Å². The maximum Gasteiger partial charge on any atom is 0.261 e. The molecule has 6 nitrogen and oxygen atoms in total. The number of phenolic OH excluding ortho intramolecular Hbond substituents is 1. The van der Waals surface area contributed by atoms with Gasteiger partial charge in [0.1, 0.15) is 5.75 Å². The highest BCUT2D eigenvalue weighted by molar-refractivity contribution is 7.92. The van der Waals surface area contributed by atoms with Crippen LogP contribution in [0, 0.1) is 0 Å². The van der Waals surface area contributed by atoms with E-state index in [0.29, 0.717) is 16.3 Å². The van der Waals surface area contributed by atoms with E-state index >= 15 is 0 Å². The third kappa shape index (κ3) is 4.58. The number of hydrogen-bond acceptors (Lipinski definition) is 4. The Kier molecular flexibility index (Phi) is 5.34. The smallest absolute Gasteiger partial charge is 0.261 e. The van der Waals surface area contributed by atoms with Gasteiger partial charge in [-0.15, -0.1) is 0 Å². The molecule has 0 aliphatic heterocycles. The lowest BCUT2D eigenvalue weighted by molar-refractivity contribution is 0.102. The van der Waals surface area contributed by atoms with Crippen molar-refractivity contribution in [3.63, 3.8) is 0 Å². The molecule has 0 saturated heterocycles. The van der Waals surface area contributed by atoms with Gasteiger partial charge < -0.3 is 10.4 Å². The summed E-state index contributed by atoms with van der Waals surface area (Å²) in [7, 11) is -3.94. The van der Waals surface area contributed by atoms with Gasteiger partial charge in [-0.1, -0.05) is 35.9 Å².